The number of nitrogens with zero attached hydrogens (tertiary/aromatic N) is 1. The molecule has 0 heterocycles. The summed E-state index contributed by atoms with van der Waals surface area (Å²) >= 11 is 0. The van der Waals surface area contributed by atoms with Gasteiger partial charge in [-0.15, -0.1) is 0 Å². The molecule has 0 aromatic carbocycles. The van der Waals surface area contributed by atoms with Gasteiger partial charge in [-0.1, -0.05) is 27.7 Å². The maximum absolute atomic E-state index is 2.40. The Kier molecular flexibility index (Phi) is 5.57. The Labute approximate surface area is 71.8 Å². The van der Waals surface area contributed by atoms with Crippen LogP contribution in [0.1, 0.15) is 34.6 Å². The highest BCUT2D eigenvalue weighted by atomic mass is 15.1. The van der Waals surface area contributed by atoms with E-state index in [1.54, 1.807) is 0 Å². The van der Waals surface area contributed by atoms with Crippen molar-refractivity contribution in [2.24, 2.45) is 11.8 Å². The molecule has 67 valence electrons. The van der Waals surface area contributed by atoms with Crippen LogP contribution in [-0.4, -0.2) is 18.0 Å². The highest BCUT2D eigenvalue weighted by molar-refractivity contribution is 4.66. The molecule has 0 amide bonds. The zero-order valence-electron chi connectivity index (χ0n) is 8.59. The molecular weight excluding hydrogens is 134 g/mol. The molecule has 0 aliphatic rings. The van der Waals surface area contributed by atoms with E-state index in [4.69, 9.17) is 0 Å². The Morgan fingerprint density at radius 1 is 1.00 bits per heavy atom. The molecule has 0 unspecified atom stereocenters. The summed E-state index contributed by atoms with van der Waals surface area (Å²) in [5.41, 5.74) is 0. The van der Waals surface area contributed by atoms with Crippen molar-refractivity contribution in [3.05, 3.63) is 6.54 Å². The van der Waals surface area contributed by atoms with E-state index in [0.29, 0.717) is 0 Å². The van der Waals surface area contributed by atoms with Crippen LogP contribution in [0, 0.1) is 18.4 Å². The molecule has 0 saturated heterocycles. The molecule has 1 heteroatoms. The number of rotatable bonds is 5. The average molecular weight is 156 g/mol. The Morgan fingerprint density at radius 2 is 1.36 bits per heavy atom. The second kappa shape index (κ2) is 5.59. The zero-order valence-corrected chi connectivity index (χ0v) is 8.59. The van der Waals surface area contributed by atoms with Crippen molar-refractivity contribution in [3.63, 3.8) is 0 Å². The molecule has 0 saturated carbocycles. The lowest BCUT2D eigenvalue weighted by Crippen LogP contribution is -2.28. The van der Waals surface area contributed by atoms with E-state index < -0.39 is 0 Å². The van der Waals surface area contributed by atoms with Crippen molar-refractivity contribution in [2.45, 2.75) is 34.6 Å². The Bertz CT molecular complexity index is 76.9. The van der Waals surface area contributed by atoms with E-state index in [-0.39, 0.29) is 0 Å². The normalized spacial score (nSPS) is 12.0. The van der Waals surface area contributed by atoms with Crippen LogP contribution in [0.3, 0.4) is 0 Å². The summed E-state index contributed by atoms with van der Waals surface area (Å²) in [4.78, 5) is 2.40. The third kappa shape index (κ3) is 6.36. The van der Waals surface area contributed by atoms with Crippen LogP contribution in [0.4, 0.5) is 0 Å². The SMILES string of the molecule is C[CH]N(CC(C)C)CC(C)C. The fourth-order valence-electron chi connectivity index (χ4n) is 1.22. The smallest absolute Gasteiger partial charge is 0.0220 e. The summed E-state index contributed by atoms with van der Waals surface area (Å²) in [6.45, 7) is 15.7. The van der Waals surface area contributed by atoms with Crippen LogP contribution in [0.25, 0.3) is 0 Å². The molecule has 0 bridgehead atoms. The van der Waals surface area contributed by atoms with Crippen molar-refractivity contribution < 1.29 is 0 Å². The average Bonchev–Trinajstić information content (AvgIpc) is 1.84. The van der Waals surface area contributed by atoms with Gasteiger partial charge in [-0.2, -0.15) is 0 Å². The lowest BCUT2D eigenvalue weighted by Gasteiger charge is -2.23. The van der Waals surface area contributed by atoms with Gasteiger partial charge in [0.25, 0.3) is 0 Å². The van der Waals surface area contributed by atoms with E-state index in [1.807, 2.05) is 0 Å². The number of hydrogen-bond donors (Lipinski definition) is 0. The summed E-state index contributed by atoms with van der Waals surface area (Å²) in [6, 6.07) is 0. The predicted octanol–water partition coefficient (Wildman–Crippen LogP) is 2.78. The molecule has 0 aliphatic heterocycles. The molecule has 1 nitrogen and oxygen atoms in total. The largest absolute Gasteiger partial charge is 0.299 e. The first-order valence-corrected chi connectivity index (χ1v) is 4.59. The van der Waals surface area contributed by atoms with Crippen molar-refractivity contribution >= 4 is 0 Å². The van der Waals surface area contributed by atoms with Crippen molar-refractivity contribution in [1.82, 2.24) is 4.90 Å². The fraction of sp³-hybridized carbons (Fsp3) is 0.900. The summed E-state index contributed by atoms with van der Waals surface area (Å²) in [5.74, 6) is 1.54. The van der Waals surface area contributed by atoms with Gasteiger partial charge in [0.2, 0.25) is 0 Å². The van der Waals surface area contributed by atoms with Crippen LogP contribution in [0.15, 0.2) is 0 Å². The standard InChI is InChI=1S/C10H22N/c1-6-11(7-9(2)3)8-10(4)5/h6,9-10H,7-8H2,1-5H3. The van der Waals surface area contributed by atoms with Gasteiger partial charge in [-0.05, 0) is 18.8 Å². The van der Waals surface area contributed by atoms with Gasteiger partial charge in [-0.3, -0.25) is 4.90 Å². The van der Waals surface area contributed by atoms with Gasteiger partial charge >= 0.3 is 0 Å². The van der Waals surface area contributed by atoms with E-state index in [0.717, 1.165) is 11.8 Å². The summed E-state index contributed by atoms with van der Waals surface area (Å²) in [5, 5.41) is 0. The maximum atomic E-state index is 2.40. The first-order chi connectivity index (χ1) is 5.06. The molecule has 0 atom stereocenters. The summed E-state index contributed by atoms with van der Waals surface area (Å²) in [6.07, 6.45) is 0. The molecule has 1 radical (unpaired) electrons. The summed E-state index contributed by atoms with van der Waals surface area (Å²) in [7, 11) is 0. The molecule has 11 heavy (non-hydrogen) atoms. The molecular formula is C10H22N. The first kappa shape index (κ1) is 11.0. The highest BCUT2D eigenvalue weighted by Crippen LogP contribution is 2.04. The maximum Gasteiger partial charge on any atom is 0.0220 e. The summed E-state index contributed by atoms with van der Waals surface area (Å²) < 4.78 is 0. The van der Waals surface area contributed by atoms with Crippen LogP contribution >= 0.6 is 0 Å². The third-order valence-corrected chi connectivity index (χ3v) is 1.56. The molecule has 0 rings (SSSR count). The number of hydrogen-bond acceptors (Lipinski definition) is 1. The van der Waals surface area contributed by atoms with E-state index in [2.05, 4.69) is 46.1 Å². The van der Waals surface area contributed by atoms with E-state index >= 15 is 0 Å². The van der Waals surface area contributed by atoms with Crippen molar-refractivity contribution in [2.75, 3.05) is 13.1 Å². The Balaban J connectivity index is 3.58. The highest BCUT2D eigenvalue weighted by Gasteiger charge is 2.06. The fourth-order valence-corrected chi connectivity index (χ4v) is 1.22. The van der Waals surface area contributed by atoms with Crippen LogP contribution in [0.5, 0.6) is 0 Å². The first-order valence-electron chi connectivity index (χ1n) is 4.59. The van der Waals surface area contributed by atoms with Crippen molar-refractivity contribution in [1.29, 1.82) is 0 Å². The van der Waals surface area contributed by atoms with Crippen LogP contribution in [0.2, 0.25) is 0 Å². The minimum absolute atomic E-state index is 0.768. The van der Waals surface area contributed by atoms with Crippen molar-refractivity contribution in [3.8, 4) is 0 Å². The molecule has 0 aromatic heterocycles. The quantitative estimate of drug-likeness (QED) is 0.591. The van der Waals surface area contributed by atoms with Gasteiger partial charge in [0.1, 0.15) is 0 Å². The molecule has 0 aliphatic carbocycles. The molecule has 0 fully saturated rings. The third-order valence-electron chi connectivity index (χ3n) is 1.56. The van der Waals surface area contributed by atoms with Gasteiger partial charge in [0.05, 0.1) is 0 Å². The lowest BCUT2D eigenvalue weighted by molar-refractivity contribution is 0.268. The predicted molar refractivity (Wildman–Crippen MR) is 51.2 cm³/mol. The topological polar surface area (TPSA) is 3.24 Å². The van der Waals surface area contributed by atoms with Gasteiger partial charge in [0, 0.05) is 19.6 Å². The van der Waals surface area contributed by atoms with Crippen LogP contribution in [-0.2, 0) is 0 Å². The Hall–Kier alpha value is -0.0400. The lowest BCUT2D eigenvalue weighted by atomic mass is 10.1. The minimum atomic E-state index is 0.768. The molecule has 0 N–H and O–H groups in total. The van der Waals surface area contributed by atoms with E-state index in [9.17, 15) is 0 Å². The monoisotopic (exact) mass is 156 g/mol. The zero-order chi connectivity index (χ0) is 8.85. The van der Waals surface area contributed by atoms with Crippen LogP contribution < -0.4 is 0 Å². The Morgan fingerprint density at radius 3 is 1.55 bits per heavy atom. The van der Waals surface area contributed by atoms with Gasteiger partial charge in [0.15, 0.2) is 0 Å². The second-order valence-corrected chi connectivity index (χ2v) is 4.00. The second-order valence-electron chi connectivity index (χ2n) is 4.00. The van der Waals surface area contributed by atoms with Gasteiger partial charge in [-0.25, -0.2) is 0 Å². The van der Waals surface area contributed by atoms with E-state index in [1.165, 1.54) is 13.1 Å². The molecule has 0 aromatic rings. The van der Waals surface area contributed by atoms with Gasteiger partial charge < -0.3 is 0 Å². The minimum Gasteiger partial charge on any atom is -0.299 e. The molecule has 0 spiro atoms.